The summed E-state index contributed by atoms with van der Waals surface area (Å²) in [5, 5.41) is 13.7. The van der Waals surface area contributed by atoms with Crippen LogP contribution in [0, 0.1) is 11.3 Å². The van der Waals surface area contributed by atoms with Crippen molar-refractivity contribution < 1.29 is 23.7 Å². The van der Waals surface area contributed by atoms with Crippen LogP contribution in [0.3, 0.4) is 0 Å². The highest BCUT2D eigenvalue weighted by Crippen LogP contribution is 2.45. The van der Waals surface area contributed by atoms with Crippen LogP contribution in [0.1, 0.15) is 26.7 Å². The number of fused-ring (bicyclic) bond motifs is 1. The molecule has 2 saturated heterocycles. The van der Waals surface area contributed by atoms with E-state index in [1.54, 1.807) is 36.4 Å². The number of pyridine rings is 1. The maximum atomic E-state index is 14.1. The number of rotatable bonds is 12. The molecular formula is C34H41Cl2N7O6. The number of ether oxygens (including phenoxy) is 4. The van der Waals surface area contributed by atoms with Crippen LogP contribution < -0.4 is 20.3 Å². The third kappa shape index (κ3) is 7.49. The van der Waals surface area contributed by atoms with E-state index in [1.165, 1.54) is 18.8 Å². The Balaban J connectivity index is 1.32. The third-order valence-electron chi connectivity index (χ3n) is 9.22. The predicted molar refractivity (Wildman–Crippen MR) is 188 cm³/mol. The summed E-state index contributed by atoms with van der Waals surface area (Å²) < 4.78 is 23.9. The predicted octanol–water partition coefficient (Wildman–Crippen LogP) is 4.39. The fourth-order valence-corrected chi connectivity index (χ4v) is 6.71. The summed E-state index contributed by atoms with van der Waals surface area (Å²) in [6.45, 7) is 6.52. The number of hydrogen-bond acceptors (Lipinski definition) is 11. The number of piperidine rings is 1. The summed E-state index contributed by atoms with van der Waals surface area (Å²) in [7, 11) is 6.60. The number of nitrogens with one attached hydrogen (secondary N) is 1. The van der Waals surface area contributed by atoms with E-state index in [-0.39, 0.29) is 63.5 Å². The van der Waals surface area contributed by atoms with Crippen molar-refractivity contribution in [2.75, 3.05) is 66.5 Å². The zero-order valence-electron chi connectivity index (χ0n) is 28.5. The number of methoxy groups -OCH3 is 2. The van der Waals surface area contributed by atoms with E-state index >= 15 is 0 Å². The number of benzene rings is 1. The van der Waals surface area contributed by atoms with Gasteiger partial charge in [0, 0.05) is 48.9 Å². The van der Waals surface area contributed by atoms with Gasteiger partial charge in [-0.25, -0.2) is 4.98 Å². The smallest absolute Gasteiger partial charge is 0.264 e. The van der Waals surface area contributed by atoms with Crippen LogP contribution in [-0.4, -0.2) is 109 Å². The van der Waals surface area contributed by atoms with Gasteiger partial charge < -0.3 is 29.2 Å². The van der Waals surface area contributed by atoms with Crippen molar-refractivity contribution in [3.8, 4) is 28.7 Å². The zero-order chi connectivity index (χ0) is 35.5. The number of amides is 1. The highest BCUT2D eigenvalue weighted by molar-refractivity contribution is 6.41. The molecule has 262 valence electrons. The fourth-order valence-electron chi connectivity index (χ4n) is 6.01. The van der Waals surface area contributed by atoms with Crippen LogP contribution in [-0.2, 0) is 20.8 Å². The van der Waals surface area contributed by atoms with Gasteiger partial charge in [-0.2, -0.15) is 10.2 Å². The Morgan fingerprint density at radius 2 is 1.84 bits per heavy atom. The Bertz CT molecular complexity index is 1820. The molecule has 0 radical (unpaired) electrons. The van der Waals surface area contributed by atoms with E-state index in [1.807, 2.05) is 20.9 Å². The standard InChI is InChI=1S/C34H41Cl2N7O6/c1-34(2,41(4)22-18-48-19-22)15-21(16-37)31(44)42-9-7-23(8-10-42)49-12-11-43-30-20(17-39-33(38-3)40-30)13-24(32(43)45)27-28(35)25(46-5)14-26(47-6)29(27)36/h13-15,17,22-23H,7-12,18-19H2,1-6H3,(H,38,39,40)/b21-15-. The number of nitriles is 1. The molecule has 2 fully saturated rings. The molecule has 15 heteroatoms. The monoisotopic (exact) mass is 713 g/mol. The molecule has 2 aromatic heterocycles. The van der Waals surface area contributed by atoms with Gasteiger partial charge in [-0.15, -0.1) is 0 Å². The van der Waals surface area contributed by atoms with E-state index in [9.17, 15) is 14.9 Å². The van der Waals surface area contributed by atoms with Crippen LogP contribution in [0.4, 0.5) is 5.95 Å². The first kappa shape index (κ1) is 36.4. The number of nitrogens with zero attached hydrogens (tertiary/aromatic N) is 6. The van der Waals surface area contributed by atoms with Gasteiger partial charge >= 0.3 is 0 Å². The van der Waals surface area contributed by atoms with Crippen LogP contribution in [0.2, 0.25) is 10.0 Å². The second-order valence-corrected chi connectivity index (χ2v) is 13.3. The van der Waals surface area contributed by atoms with E-state index in [2.05, 4.69) is 26.3 Å². The van der Waals surface area contributed by atoms with Crippen molar-refractivity contribution >= 4 is 46.1 Å². The highest BCUT2D eigenvalue weighted by Gasteiger charge is 2.34. The molecule has 0 bridgehead atoms. The molecule has 5 rings (SSSR count). The molecule has 2 aliphatic heterocycles. The number of likely N-dealkylation sites (tertiary alicyclic amines) is 1. The Morgan fingerprint density at radius 3 is 2.39 bits per heavy atom. The molecule has 3 aromatic rings. The lowest BCUT2D eigenvalue weighted by Gasteiger charge is -2.43. The number of carbonyl (C=O) groups is 1. The van der Waals surface area contributed by atoms with Gasteiger partial charge in [0.15, 0.2) is 0 Å². The number of hydrogen-bond donors (Lipinski definition) is 1. The Morgan fingerprint density at radius 1 is 1.18 bits per heavy atom. The molecule has 1 aromatic carbocycles. The fraction of sp³-hybridized carbons (Fsp3) is 0.500. The average molecular weight is 715 g/mol. The quantitative estimate of drug-likeness (QED) is 0.211. The third-order valence-corrected chi connectivity index (χ3v) is 9.97. The van der Waals surface area contributed by atoms with E-state index in [0.29, 0.717) is 67.6 Å². The van der Waals surface area contributed by atoms with Crippen LogP contribution in [0.25, 0.3) is 22.2 Å². The van der Waals surface area contributed by atoms with Crippen LogP contribution in [0.5, 0.6) is 11.5 Å². The molecule has 2 aliphatic rings. The summed E-state index contributed by atoms with van der Waals surface area (Å²) >= 11 is 13.4. The molecular weight excluding hydrogens is 673 g/mol. The normalized spacial score (nSPS) is 16.1. The van der Waals surface area contributed by atoms with Gasteiger partial charge in [-0.05, 0) is 45.9 Å². The van der Waals surface area contributed by atoms with Crippen molar-refractivity contribution in [1.29, 1.82) is 5.26 Å². The summed E-state index contributed by atoms with van der Waals surface area (Å²) in [5.74, 6) is 0.671. The van der Waals surface area contributed by atoms with Gasteiger partial charge in [0.1, 0.15) is 28.8 Å². The number of carbonyl (C=O) groups excluding carboxylic acids is 1. The minimum Gasteiger partial charge on any atom is -0.495 e. The first-order valence-corrected chi connectivity index (χ1v) is 16.7. The maximum Gasteiger partial charge on any atom is 0.264 e. The minimum absolute atomic E-state index is 0.124. The molecule has 49 heavy (non-hydrogen) atoms. The summed E-state index contributed by atoms with van der Waals surface area (Å²) in [4.78, 5) is 40.2. The van der Waals surface area contributed by atoms with Crippen molar-refractivity contribution in [1.82, 2.24) is 24.3 Å². The van der Waals surface area contributed by atoms with Gasteiger partial charge in [-0.3, -0.25) is 19.1 Å². The molecule has 13 nitrogen and oxygen atoms in total. The first-order valence-electron chi connectivity index (χ1n) is 16.0. The molecule has 0 atom stereocenters. The molecule has 0 spiro atoms. The Kier molecular flexibility index (Phi) is 11.4. The molecule has 0 unspecified atom stereocenters. The van der Waals surface area contributed by atoms with Gasteiger partial charge in [-0.1, -0.05) is 23.2 Å². The Hall–Kier alpha value is -3.93. The average Bonchev–Trinajstić information content (AvgIpc) is 3.07. The van der Waals surface area contributed by atoms with Gasteiger partial charge in [0.25, 0.3) is 11.5 Å². The molecule has 1 amide bonds. The molecule has 1 N–H and O–H groups in total. The maximum absolute atomic E-state index is 14.1. The minimum atomic E-state index is -0.496. The summed E-state index contributed by atoms with van der Waals surface area (Å²) in [6.07, 6.45) is 4.40. The molecule has 4 heterocycles. The van der Waals surface area contributed by atoms with Crippen molar-refractivity contribution in [2.45, 2.75) is 50.9 Å². The molecule has 0 saturated carbocycles. The lowest BCUT2D eigenvalue weighted by molar-refractivity contribution is -0.129. The van der Waals surface area contributed by atoms with Crippen molar-refractivity contribution in [2.24, 2.45) is 0 Å². The second kappa shape index (κ2) is 15.3. The van der Waals surface area contributed by atoms with E-state index in [4.69, 9.17) is 42.1 Å². The summed E-state index contributed by atoms with van der Waals surface area (Å²) in [5.41, 5.74) is 0.154. The lowest BCUT2D eigenvalue weighted by Crippen LogP contribution is -2.55. The zero-order valence-corrected chi connectivity index (χ0v) is 30.0. The number of halogens is 2. The van der Waals surface area contributed by atoms with Gasteiger partial charge in [0.05, 0.1) is 68.3 Å². The number of anilines is 1. The van der Waals surface area contributed by atoms with Crippen molar-refractivity contribution in [3.63, 3.8) is 0 Å². The summed E-state index contributed by atoms with van der Waals surface area (Å²) in [6, 6.07) is 5.58. The SMILES string of the molecule is CNc1ncc2cc(-c3c(Cl)c(OC)cc(OC)c3Cl)c(=O)n(CCOC3CCN(C(=O)/C(C#N)=C\C(C)(C)N(C)C4COC4)CC3)c2n1. The van der Waals surface area contributed by atoms with Crippen LogP contribution in [0.15, 0.2) is 34.8 Å². The highest BCUT2D eigenvalue weighted by atomic mass is 35.5. The number of likely N-dealkylation sites (N-methyl/N-ethyl adjacent to an activating group) is 1. The van der Waals surface area contributed by atoms with E-state index < -0.39 is 5.54 Å². The van der Waals surface area contributed by atoms with Crippen molar-refractivity contribution in [3.05, 3.63) is 50.4 Å². The van der Waals surface area contributed by atoms with E-state index in [0.717, 1.165) is 0 Å². The largest absolute Gasteiger partial charge is 0.495 e. The van der Waals surface area contributed by atoms with Crippen LogP contribution >= 0.6 is 23.2 Å². The Labute approximate surface area is 295 Å². The van der Waals surface area contributed by atoms with Gasteiger partial charge in [0.2, 0.25) is 5.95 Å². The lowest BCUT2D eigenvalue weighted by atomic mass is 9.96. The second-order valence-electron chi connectivity index (χ2n) is 12.5. The topological polar surface area (TPSA) is 144 Å². The number of aromatic nitrogens is 3. The molecule has 0 aliphatic carbocycles. The first-order chi connectivity index (χ1) is 23.4.